The zero-order valence-electron chi connectivity index (χ0n) is 12.1. The van der Waals surface area contributed by atoms with Crippen LogP contribution in [0.3, 0.4) is 0 Å². The molecule has 1 amide bonds. The first-order valence-corrected chi connectivity index (χ1v) is 6.90. The van der Waals surface area contributed by atoms with E-state index in [1.807, 2.05) is 0 Å². The van der Waals surface area contributed by atoms with Crippen molar-refractivity contribution in [1.29, 1.82) is 0 Å². The van der Waals surface area contributed by atoms with Crippen molar-refractivity contribution in [2.24, 2.45) is 0 Å². The third kappa shape index (κ3) is 3.27. The number of hydrogen-bond donors (Lipinski definition) is 2. The van der Waals surface area contributed by atoms with Crippen LogP contribution in [0.4, 0.5) is 24.5 Å². The van der Waals surface area contributed by atoms with Crippen molar-refractivity contribution in [2.45, 2.75) is 32.2 Å². The number of amides is 1. The smallest absolute Gasteiger partial charge is 0.307 e. The quantitative estimate of drug-likeness (QED) is 0.903. The van der Waals surface area contributed by atoms with Gasteiger partial charge in [-0.15, -0.1) is 0 Å². The van der Waals surface area contributed by atoms with E-state index in [4.69, 9.17) is 4.52 Å². The van der Waals surface area contributed by atoms with Crippen LogP contribution in [0.25, 0.3) is 0 Å². The van der Waals surface area contributed by atoms with Crippen LogP contribution in [-0.2, 0) is 23.7 Å². The summed E-state index contributed by atoms with van der Waals surface area (Å²) in [5.41, 5.74) is 1.40. The van der Waals surface area contributed by atoms with Crippen LogP contribution in [0.15, 0.2) is 16.7 Å². The van der Waals surface area contributed by atoms with Gasteiger partial charge in [0.25, 0.3) is 0 Å². The Morgan fingerprint density at radius 3 is 2.87 bits per heavy atom. The van der Waals surface area contributed by atoms with E-state index in [2.05, 4.69) is 20.8 Å². The van der Waals surface area contributed by atoms with E-state index in [9.17, 15) is 18.0 Å². The number of carbonyl (C=O) groups excluding carboxylic acids is 1. The molecular formula is C14H13F3N4O2. The fourth-order valence-electron chi connectivity index (χ4n) is 2.21. The van der Waals surface area contributed by atoms with Gasteiger partial charge in [0.2, 0.25) is 17.6 Å². The van der Waals surface area contributed by atoms with Crippen molar-refractivity contribution < 1.29 is 22.5 Å². The van der Waals surface area contributed by atoms with Gasteiger partial charge in [0.05, 0.1) is 12.2 Å². The summed E-state index contributed by atoms with van der Waals surface area (Å²) in [5, 5.41) is 8.50. The molecule has 6 nitrogen and oxygen atoms in total. The summed E-state index contributed by atoms with van der Waals surface area (Å²) in [7, 11) is 0. The molecule has 1 aromatic carbocycles. The molecule has 23 heavy (non-hydrogen) atoms. The summed E-state index contributed by atoms with van der Waals surface area (Å²) in [5.74, 6) is -4.73. The Morgan fingerprint density at radius 2 is 2.17 bits per heavy atom. The van der Waals surface area contributed by atoms with E-state index in [1.54, 1.807) is 6.07 Å². The fraction of sp³-hybridized carbons (Fsp3) is 0.357. The molecule has 122 valence electrons. The molecule has 0 radical (unpaired) electrons. The molecule has 0 atom stereocenters. The maximum Gasteiger partial charge on any atom is 0.307 e. The second-order valence-electron chi connectivity index (χ2n) is 5.29. The normalized spacial score (nSPS) is 14.3. The number of benzene rings is 1. The third-order valence-corrected chi connectivity index (χ3v) is 3.38. The number of fused-ring (bicyclic) bond motifs is 1. The third-order valence-electron chi connectivity index (χ3n) is 3.38. The van der Waals surface area contributed by atoms with Gasteiger partial charge in [0, 0.05) is 19.0 Å². The maximum atomic E-state index is 14.0. The maximum absolute atomic E-state index is 14.0. The largest absolute Gasteiger partial charge is 0.374 e. The minimum atomic E-state index is -3.20. The minimum absolute atomic E-state index is 0.0769. The molecule has 0 saturated heterocycles. The molecule has 2 heterocycles. The first-order chi connectivity index (χ1) is 10.8. The van der Waals surface area contributed by atoms with Crippen molar-refractivity contribution in [3.63, 3.8) is 0 Å². The molecule has 1 aliphatic rings. The molecule has 1 aliphatic heterocycles. The SMILES string of the molecule is CC(F)(F)c1noc(CNc2cc3c(cc2F)NC(=O)CC3)n1. The number of anilines is 2. The van der Waals surface area contributed by atoms with Crippen molar-refractivity contribution in [2.75, 3.05) is 10.6 Å². The first-order valence-electron chi connectivity index (χ1n) is 6.90. The summed E-state index contributed by atoms with van der Waals surface area (Å²) >= 11 is 0. The molecule has 0 bridgehead atoms. The highest BCUT2D eigenvalue weighted by Crippen LogP contribution is 2.29. The first kappa shape index (κ1) is 15.3. The average Bonchev–Trinajstić information content (AvgIpc) is 2.94. The number of halogens is 3. The number of alkyl halides is 2. The van der Waals surface area contributed by atoms with E-state index in [0.29, 0.717) is 25.5 Å². The number of nitrogens with zero attached hydrogens (tertiary/aromatic N) is 2. The lowest BCUT2D eigenvalue weighted by atomic mass is 10.0. The van der Waals surface area contributed by atoms with Crippen LogP contribution in [0.5, 0.6) is 0 Å². The van der Waals surface area contributed by atoms with Gasteiger partial charge in [0.1, 0.15) is 5.82 Å². The van der Waals surface area contributed by atoms with Gasteiger partial charge in [-0.1, -0.05) is 5.16 Å². The van der Waals surface area contributed by atoms with Crippen LogP contribution < -0.4 is 10.6 Å². The standard InChI is InChI=1S/C14H13F3N4O2/c1-14(16,17)13-20-12(23-21-13)6-18-10-4-7-2-3-11(22)19-9(7)5-8(10)15/h4-5,18H,2-3,6H2,1H3,(H,19,22). The molecule has 9 heteroatoms. The molecular weight excluding hydrogens is 313 g/mol. The monoisotopic (exact) mass is 326 g/mol. The second kappa shape index (κ2) is 5.56. The number of rotatable bonds is 4. The van der Waals surface area contributed by atoms with Crippen LogP contribution in [-0.4, -0.2) is 16.0 Å². The topological polar surface area (TPSA) is 80.0 Å². The van der Waals surface area contributed by atoms with Gasteiger partial charge in [-0.25, -0.2) is 4.39 Å². The van der Waals surface area contributed by atoms with Gasteiger partial charge in [-0.2, -0.15) is 13.8 Å². The molecule has 2 N–H and O–H groups in total. The Hall–Kier alpha value is -2.58. The lowest BCUT2D eigenvalue weighted by molar-refractivity contribution is -0.116. The van der Waals surface area contributed by atoms with Crippen molar-refractivity contribution in [3.05, 3.63) is 35.2 Å². The Morgan fingerprint density at radius 1 is 1.39 bits per heavy atom. The van der Waals surface area contributed by atoms with E-state index in [0.717, 1.165) is 5.56 Å². The Bertz CT molecular complexity index is 755. The van der Waals surface area contributed by atoms with Crippen LogP contribution in [0, 0.1) is 5.82 Å². The highest BCUT2D eigenvalue weighted by Gasteiger charge is 2.31. The summed E-state index contributed by atoms with van der Waals surface area (Å²) in [6.07, 6.45) is 0.833. The van der Waals surface area contributed by atoms with Gasteiger partial charge >= 0.3 is 5.92 Å². The molecule has 2 aromatic rings. The Kier molecular flexibility index (Phi) is 3.70. The van der Waals surface area contributed by atoms with Gasteiger partial charge in [0.15, 0.2) is 0 Å². The predicted octanol–water partition coefficient (Wildman–Crippen LogP) is 2.82. The number of nitrogens with one attached hydrogen (secondary N) is 2. The van der Waals surface area contributed by atoms with Crippen molar-refractivity contribution in [1.82, 2.24) is 10.1 Å². The fourth-order valence-corrected chi connectivity index (χ4v) is 2.21. The summed E-state index contributed by atoms with van der Waals surface area (Å²) in [6, 6.07) is 2.78. The summed E-state index contributed by atoms with van der Waals surface area (Å²) < 4.78 is 44.7. The van der Waals surface area contributed by atoms with E-state index in [-0.39, 0.29) is 24.0 Å². The molecule has 1 aromatic heterocycles. The number of aromatic nitrogens is 2. The number of aryl methyl sites for hydroxylation is 1. The van der Waals surface area contributed by atoms with Crippen LogP contribution >= 0.6 is 0 Å². The number of carbonyl (C=O) groups is 1. The second-order valence-corrected chi connectivity index (χ2v) is 5.29. The predicted molar refractivity (Wildman–Crippen MR) is 74.5 cm³/mol. The lowest BCUT2D eigenvalue weighted by Crippen LogP contribution is -2.19. The van der Waals surface area contributed by atoms with Gasteiger partial charge in [-0.05, 0) is 24.1 Å². The van der Waals surface area contributed by atoms with Crippen molar-refractivity contribution >= 4 is 17.3 Å². The van der Waals surface area contributed by atoms with E-state index < -0.39 is 17.6 Å². The summed E-state index contributed by atoms with van der Waals surface area (Å²) in [4.78, 5) is 14.8. The van der Waals surface area contributed by atoms with Crippen LogP contribution in [0.1, 0.15) is 30.6 Å². The molecule has 0 aliphatic carbocycles. The van der Waals surface area contributed by atoms with Gasteiger partial charge < -0.3 is 15.2 Å². The molecule has 0 saturated carbocycles. The molecule has 0 unspecified atom stereocenters. The minimum Gasteiger partial charge on any atom is -0.374 e. The summed E-state index contributed by atoms with van der Waals surface area (Å²) in [6.45, 7) is 0.567. The van der Waals surface area contributed by atoms with E-state index in [1.165, 1.54) is 6.07 Å². The number of hydrogen-bond acceptors (Lipinski definition) is 5. The van der Waals surface area contributed by atoms with E-state index >= 15 is 0 Å². The zero-order chi connectivity index (χ0) is 16.6. The highest BCUT2D eigenvalue weighted by atomic mass is 19.3. The lowest BCUT2D eigenvalue weighted by Gasteiger charge is -2.18. The van der Waals surface area contributed by atoms with Gasteiger partial charge in [-0.3, -0.25) is 4.79 Å². The zero-order valence-corrected chi connectivity index (χ0v) is 12.1. The van der Waals surface area contributed by atoms with Crippen LogP contribution in [0.2, 0.25) is 0 Å². The molecule has 3 rings (SSSR count). The highest BCUT2D eigenvalue weighted by molar-refractivity contribution is 5.94. The van der Waals surface area contributed by atoms with Crippen molar-refractivity contribution in [3.8, 4) is 0 Å². The average molecular weight is 326 g/mol. The Labute approximate surface area is 129 Å². The Balaban J connectivity index is 1.73. The molecule has 0 fully saturated rings. The molecule has 0 spiro atoms.